The number of unbranched alkanes of at least 4 members (excludes halogenated alkanes) is 4. The van der Waals surface area contributed by atoms with Crippen LogP contribution in [0.15, 0.2) is 24.3 Å². The molecule has 0 aromatic heterocycles. The largest absolute Gasteiger partial charge is 0.392 e. The Morgan fingerprint density at radius 1 is 0.743 bits per heavy atom. The predicted molar refractivity (Wildman–Crippen MR) is 140 cm³/mol. The predicted octanol–water partition coefficient (Wildman–Crippen LogP) is 5.99. The Labute approximate surface area is 213 Å². The lowest BCUT2D eigenvalue weighted by Crippen LogP contribution is -2.58. The zero-order valence-corrected chi connectivity index (χ0v) is 22.6. The van der Waals surface area contributed by atoms with Gasteiger partial charge >= 0.3 is 0 Å². The Bertz CT molecular complexity index is 654. The molecule has 0 amide bonds. The average molecular weight is 495 g/mol. The normalized spacial score (nSPS) is 24.7. The minimum Gasteiger partial charge on any atom is -0.392 e. The number of hydrogen-bond acceptors (Lipinski definition) is 6. The third-order valence-electron chi connectivity index (χ3n) is 6.44. The van der Waals surface area contributed by atoms with Gasteiger partial charge < -0.3 is 28.8 Å². The molecule has 1 fully saturated rings. The average Bonchev–Trinajstić information content (AvgIpc) is 2.88. The summed E-state index contributed by atoms with van der Waals surface area (Å²) in [6.07, 6.45) is 6.87. The van der Waals surface area contributed by atoms with Gasteiger partial charge in [0.2, 0.25) is 0 Å². The number of hydrogen-bond donors (Lipinski definition) is 1. The highest BCUT2D eigenvalue weighted by Gasteiger charge is 2.48. The van der Waals surface area contributed by atoms with Crippen LogP contribution in [0.5, 0.6) is 0 Å². The number of ether oxygens (including phenoxy) is 5. The van der Waals surface area contributed by atoms with Crippen LogP contribution in [0, 0.1) is 0 Å². The molecule has 0 radical (unpaired) electrons. The standard InChI is InChI=1S/C29H50O6/c1-5-9-16-31-22-25-27(32-17-10-6-2)29(34-19-12-8-4)28(33-18-11-7-3)26(35-25)24-15-13-14-23(20-24)21-30/h13-15,20,25-30H,5-12,16-19,21-22H2,1-4H3/t25-,26+,27-,28+,29+/m1/s1. The van der Waals surface area contributed by atoms with Gasteiger partial charge in [0.15, 0.2) is 0 Å². The van der Waals surface area contributed by atoms with Crippen LogP contribution in [0.2, 0.25) is 0 Å². The van der Waals surface area contributed by atoms with Crippen molar-refractivity contribution in [2.45, 2.75) is 116 Å². The molecule has 0 spiro atoms. The first-order chi connectivity index (χ1) is 17.2. The second kappa shape index (κ2) is 18.3. The van der Waals surface area contributed by atoms with E-state index in [2.05, 4.69) is 33.8 Å². The van der Waals surface area contributed by atoms with Crippen LogP contribution in [0.25, 0.3) is 0 Å². The molecule has 0 saturated carbocycles. The fourth-order valence-electron chi connectivity index (χ4n) is 4.30. The molecule has 1 aliphatic heterocycles. The minimum atomic E-state index is -0.323. The van der Waals surface area contributed by atoms with Crippen LogP contribution in [0.3, 0.4) is 0 Å². The number of aliphatic hydroxyl groups excluding tert-OH is 1. The molecular weight excluding hydrogens is 444 g/mol. The van der Waals surface area contributed by atoms with E-state index >= 15 is 0 Å². The Kier molecular flexibility index (Phi) is 15.8. The van der Waals surface area contributed by atoms with Crippen molar-refractivity contribution in [3.05, 3.63) is 35.4 Å². The van der Waals surface area contributed by atoms with Gasteiger partial charge in [-0.1, -0.05) is 77.6 Å². The van der Waals surface area contributed by atoms with Crippen LogP contribution in [-0.4, -0.2) is 62.6 Å². The molecule has 6 nitrogen and oxygen atoms in total. The van der Waals surface area contributed by atoms with E-state index in [4.69, 9.17) is 23.7 Å². The van der Waals surface area contributed by atoms with Crippen LogP contribution >= 0.6 is 0 Å². The Morgan fingerprint density at radius 3 is 1.91 bits per heavy atom. The van der Waals surface area contributed by atoms with E-state index in [0.717, 1.165) is 62.5 Å². The van der Waals surface area contributed by atoms with Crippen LogP contribution in [0.4, 0.5) is 0 Å². The second-order valence-electron chi connectivity index (χ2n) is 9.49. The molecule has 1 N–H and O–H groups in total. The van der Waals surface area contributed by atoms with Gasteiger partial charge in [-0.3, -0.25) is 0 Å². The molecule has 0 bridgehead atoms. The lowest BCUT2D eigenvalue weighted by Gasteiger charge is -2.46. The van der Waals surface area contributed by atoms with E-state index in [0.29, 0.717) is 33.0 Å². The molecule has 5 atom stereocenters. The summed E-state index contributed by atoms with van der Waals surface area (Å²) < 4.78 is 32.3. The molecule has 0 aliphatic carbocycles. The van der Waals surface area contributed by atoms with Crippen molar-refractivity contribution >= 4 is 0 Å². The van der Waals surface area contributed by atoms with Crippen LogP contribution < -0.4 is 0 Å². The van der Waals surface area contributed by atoms with Gasteiger partial charge in [0.05, 0.1) is 13.2 Å². The SMILES string of the molecule is CCCCOC[C@H]1O[C@@H](c2cccc(CO)c2)[C@H](OCCCC)[C@@H](OCCCC)[C@@H]1OCCCC. The number of aliphatic hydroxyl groups is 1. The fourth-order valence-corrected chi connectivity index (χ4v) is 4.30. The Hall–Kier alpha value is -1.02. The topological polar surface area (TPSA) is 66.4 Å². The zero-order chi connectivity index (χ0) is 25.3. The lowest BCUT2D eigenvalue weighted by atomic mass is 9.90. The van der Waals surface area contributed by atoms with Gasteiger partial charge in [0.1, 0.15) is 30.5 Å². The summed E-state index contributed by atoms with van der Waals surface area (Å²) in [6, 6.07) is 7.96. The van der Waals surface area contributed by atoms with E-state index in [-0.39, 0.29) is 37.1 Å². The summed E-state index contributed by atoms with van der Waals surface area (Å²) in [6.45, 7) is 11.8. The summed E-state index contributed by atoms with van der Waals surface area (Å²) in [5.41, 5.74) is 1.85. The molecule has 35 heavy (non-hydrogen) atoms. The van der Waals surface area contributed by atoms with Crippen LogP contribution in [0.1, 0.15) is 96.3 Å². The minimum absolute atomic E-state index is 0.00927. The molecule has 6 heteroatoms. The molecule has 1 saturated heterocycles. The number of benzene rings is 1. The maximum absolute atomic E-state index is 9.74. The maximum Gasteiger partial charge on any atom is 0.117 e. The lowest BCUT2D eigenvalue weighted by molar-refractivity contribution is -0.268. The summed E-state index contributed by atoms with van der Waals surface area (Å²) >= 11 is 0. The number of rotatable bonds is 19. The van der Waals surface area contributed by atoms with Crippen molar-refractivity contribution in [3.8, 4) is 0 Å². The maximum atomic E-state index is 9.74. The molecule has 1 aliphatic rings. The fraction of sp³-hybridized carbons (Fsp3) is 0.793. The van der Waals surface area contributed by atoms with Crippen molar-refractivity contribution in [1.82, 2.24) is 0 Å². The van der Waals surface area contributed by atoms with Crippen molar-refractivity contribution in [2.24, 2.45) is 0 Å². The molecule has 0 unspecified atom stereocenters. The first-order valence-electron chi connectivity index (χ1n) is 14.0. The molecule has 1 aromatic rings. The first-order valence-corrected chi connectivity index (χ1v) is 14.0. The summed E-state index contributed by atoms with van der Waals surface area (Å²) in [5.74, 6) is 0. The summed E-state index contributed by atoms with van der Waals surface area (Å²) in [7, 11) is 0. The molecular formula is C29H50O6. The van der Waals surface area contributed by atoms with E-state index in [1.54, 1.807) is 0 Å². The highest BCUT2D eigenvalue weighted by atomic mass is 16.6. The molecule has 1 heterocycles. The van der Waals surface area contributed by atoms with Gasteiger partial charge in [-0.25, -0.2) is 0 Å². The molecule has 1 aromatic carbocycles. The molecule has 202 valence electrons. The molecule has 2 rings (SSSR count). The van der Waals surface area contributed by atoms with Gasteiger partial charge in [-0.15, -0.1) is 0 Å². The Balaban J connectivity index is 2.38. The van der Waals surface area contributed by atoms with Gasteiger partial charge in [-0.2, -0.15) is 0 Å². The van der Waals surface area contributed by atoms with Crippen molar-refractivity contribution in [1.29, 1.82) is 0 Å². The van der Waals surface area contributed by atoms with E-state index < -0.39 is 0 Å². The van der Waals surface area contributed by atoms with E-state index in [1.165, 1.54) is 0 Å². The highest BCUT2D eigenvalue weighted by molar-refractivity contribution is 5.27. The zero-order valence-electron chi connectivity index (χ0n) is 22.6. The summed E-state index contributed by atoms with van der Waals surface area (Å²) in [4.78, 5) is 0. The van der Waals surface area contributed by atoms with Gasteiger partial charge in [-0.05, 0) is 36.8 Å². The monoisotopic (exact) mass is 494 g/mol. The van der Waals surface area contributed by atoms with E-state index in [9.17, 15) is 5.11 Å². The Morgan fingerprint density at radius 2 is 1.31 bits per heavy atom. The summed E-state index contributed by atoms with van der Waals surface area (Å²) in [5, 5.41) is 9.74. The van der Waals surface area contributed by atoms with Gasteiger partial charge in [0, 0.05) is 26.4 Å². The van der Waals surface area contributed by atoms with Crippen molar-refractivity contribution in [3.63, 3.8) is 0 Å². The third-order valence-corrected chi connectivity index (χ3v) is 6.44. The van der Waals surface area contributed by atoms with E-state index in [1.807, 2.05) is 18.2 Å². The van der Waals surface area contributed by atoms with Gasteiger partial charge in [0.25, 0.3) is 0 Å². The second-order valence-corrected chi connectivity index (χ2v) is 9.49. The quantitative estimate of drug-likeness (QED) is 0.238. The first kappa shape index (κ1) is 30.2. The smallest absolute Gasteiger partial charge is 0.117 e. The highest BCUT2D eigenvalue weighted by Crippen LogP contribution is 2.38. The van der Waals surface area contributed by atoms with Crippen LogP contribution in [-0.2, 0) is 30.3 Å². The van der Waals surface area contributed by atoms with Crippen molar-refractivity contribution in [2.75, 3.05) is 33.0 Å². The third kappa shape index (κ3) is 10.1. The van der Waals surface area contributed by atoms with Crippen molar-refractivity contribution < 1.29 is 28.8 Å².